The highest BCUT2D eigenvalue weighted by Gasteiger charge is 2.12. The number of carbonyl (C=O) groups excluding carboxylic acids is 1. The van der Waals surface area contributed by atoms with Crippen molar-refractivity contribution in [3.8, 4) is 0 Å². The second kappa shape index (κ2) is 6.49. The predicted molar refractivity (Wildman–Crippen MR) is 82.5 cm³/mol. The van der Waals surface area contributed by atoms with Gasteiger partial charge >= 0.3 is 0 Å². The van der Waals surface area contributed by atoms with Gasteiger partial charge in [-0.2, -0.15) is 0 Å². The van der Waals surface area contributed by atoms with Crippen molar-refractivity contribution in [1.29, 1.82) is 0 Å². The molecule has 2 aromatic rings. The molecular formula is C15H12BrFN2O2. The monoisotopic (exact) mass is 350 g/mol. The van der Waals surface area contributed by atoms with Crippen LogP contribution in [0, 0.1) is 5.82 Å². The summed E-state index contributed by atoms with van der Waals surface area (Å²) in [5.41, 5.74) is 1.82. The van der Waals surface area contributed by atoms with Gasteiger partial charge in [-0.15, -0.1) is 0 Å². The first-order valence-corrected chi connectivity index (χ1v) is 6.86. The number of hydrogen-bond acceptors (Lipinski definition) is 3. The van der Waals surface area contributed by atoms with E-state index in [4.69, 9.17) is 5.21 Å². The van der Waals surface area contributed by atoms with Crippen LogP contribution in [0.4, 0.5) is 10.1 Å². The van der Waals surface area contributed by atoms with Crippen molar-refractivity contribution < 1.29 is 14.4 Å². The first kappa shape index (κ1) is 15.2. The number of hydrogen-bond donors (Lipinski definition) is 2. The summed E-state index contributed by atoms with van der Waals surface area (Å²) < 4.78 is 13.4. The smallest absolute Gasteiger partial charge is 0.255 e. The summed E-state index contributed by atoms with van der Waals surface area (Å²) in [5.74, 6) is -0.816. The number of benzene rings is 2. The number of nitrogens with one attached hydrogen (secondary N) is 1. The molecule has 2 aromatic carbocycles. The molecule has 0 fully saturated rings. The van der Waals surface area contributed by atoms with Crippen molar-refractivity contribution in [3.63, 3.8) is 0 Å². The molecule has 21 heavy (non-hydrogen) atoms. The van der Waals surface area contributed by atoms with Crippen LogP contribution >= 0.6 is 15.9 Å². The minimum absolute atomic E-state index is 0.219. The highest BCUT2D eigenvalue weighted by Crippen LogP contribution is 2.20. The van der Waals surface area contributed by atoms with Gasteiger partial charge in [0.25, 0.3) is 5.91 Å². The van der Waals surface area contributed by atoms with Crippen LogP contribution in [-0.4, -0.2) is 16.8 Å². The average Bonchev–Trinajstić information content (AvgIpc) is 2.49. The molecule has 0 aliphatic heterocycles. The summed E-state index contributed by atoms with van der Waals surface area (Å²) in [6.45, 7) is 1.62. The third kappa shape index (κ3) is 3.46. The Labute approximate surface area is 129 Å². The summed E-state index contributed by atoms with van der Waals surface area (Å²) in [7, 11) is 0. The number of amides is 1. The molecule has 6 heteroatoms. The average molecular weight is 351 g/mol. The van der Waals surface area contributed by atoms with Crippen molar-refractivity contribution >= 4 is 33.2 Å². The number of rotatable bonds is 3. The molecule has 2 N–H and O–H groups in total. The third-order valence-electron chi connectivity index (χ3n) is 2.90. The van der Waals surface area contributed by atoms with Gasteiger partial charge in [0.1, 0.15) is 5.82 Å². The molecule has 4 nitrogen and oxygen atoms in total. The Morgan fingerprint density at radius 3 is 2.67 bits per heavy atom. The van der Waals surface area contributed by atoms with Crippen molar-refractivity contribution in [2.75, 3.05) is 5.32 Å². The Balaban J connectivity index is 2.30. The molecular weight excluding hydrogens is 339 g/mol. The molecule has 0 saturated heterocycles. The molecule has 0 radical (unpaired) electrons. The van der Waals surface area contributed by atoms with Gasteiger partial charge in [0.15, 0.2) is 0 Å². The fraction of sp³-hybridized carbons (Fsp3) is 0.0667. The topological polar surface area (TPSA) is 61.7 Å². The lowest BCUT2D eigenvalue weighted by Gasteiger charge is -2.10. The van der Waals surface area contributed by atoms with Gasteiger partial charge in [0, 0.05) is 11.1 Å². The maximum Gasteiger partial charge on any atom is 0.255 e. The SMILES string of the molecule is C/C(=N/O)c1ccccc1NC(=O)c1ccc(F)c(Br)c1. The van der Waals surface area contributed by atoms with E-state index in [0.29, 0.717) is 22.5 Å². The lowest BCUT2D eigenvalue weighted by atomic mass is 10.1. The van der Waals surface area contributed by atoms with Crippen LogP contribution in [0.2, 0.25) is 0 Å². The van der Waals surface area contributed by atoms with E-state index in [1.807, 2.05) is 0 Å². The number of oxime groups is 1. The summed E-state index contributed by atoms with van der Waals surface area (Å²) in [5, 5.41) is 14.7. The number of para-hydroxylation sites is 1. The largest absolute Gasteiger partial charge is 0.411 e. The van der Waals surface area contributed by atoms with E-state index < -0.39 is 5.82 Å². The molecule has 0 atom stereocenters. The molecule has 2 rings (SSSR count). The van der Waals surface area contributed by atoms with E-state index in [1.165, 1.54) is 18.2 Å². The van der Waals surface area contributed by atoms with Crippen LogP contribution in [0.15, 0.2) is 52.1 Å². The fourth-order valence-electron chi connectivity index (χ4n) is 1.79. The molecule has 1 amide bonds. The molecule has 0 aliphatic rings. The van der Waals surface area contributed by atoms with E-state index in [-0.39, 0.29) is 10.4 Å². The minimum Gasteiger partial charge on any atom is -0.411 e. The van der Waals surface area contributed by atoms with Crippen LogP contribution in [0.3, 0.4) is 0 Å². The van der Waals surface area contributed by atoms with E-state index in [9.17, 15) is 9.18 Å². The molecule has 0 saturated carbocycles. The van der Waals surface area contributed by atoms with Crippen LogP contribution < -0.4 is 5.32 Å². The normalized spacial score (nSPS) is 11.3. The van der Waals surface area contributed by atoms with Gasteiger partial charge in [0.2, 0.25) is 0 Å². The minimum atomic E-state index is -0.435. The first-order valence-electron chi connectivity index (χ1n) is 6.07. The Kier molecular flexibility index (Phi) is 4.70. The number of carbonyl (C=O) groups is 1. The lowest BCUT2D eigenvalue weighted by molar-refractivity contribution is 0.102. The zero-order chi connectivity index (χ0) is 15.4. The summed E-state index contributed by atoms with van der Waals surface area (Å²) in [4.78, 5) is 12.2. The van der Waals surface area contributed by atoms with Gasteiger partial charge in [-0.1, -0.05) is 23.4 Å². The van der Waals surface area contributed by atoms with Crippen LogP contribution in [0.25, 0.3) is 0 Å². The summed E-state index contributed by atoms with van der Waals surface area (Å²) >= 11 is 3.04. The van der Waals surface area contributed by atoms with Crippen molar-refractivity contribution in [2.24, 2.45) is 5.16 Å². The first-order chi connectivity index (χ1) is 10.0. The molecule has 0 bridgehead atoms. The number of nitrogens with zero attached hydrogens (tertiary/aromatic N) is 1. The fourth-order valence-corrected chi connectivity index (χ4v) is 2.17. The van der Waals surface area contributed by atoms with E-state index in [1.54, 1.807) is 31.2 Å². The zero-order valence-corrected chi connectivity index (χ0v) is 12.7. The van der Waals surface area contributed by atoms with Gasteiger partial charge in [-0.25, -0.2) is 4.39 Å². The van der Waals surface area contributed by atoms with E-state index in [0.717, 1.165) is 0 Å². The van der Waals surface area contributed by atoms with E-state index in [2.05, 4.69) is 26.4 Å². The molecule has 0 spiro atoms. The highest BCUT2D eigenvalue weighted by atomic mass is 79.9. The summed E-state index contributed by atoms with van der Waals surface area (Å²) in [6, 6.07) is 11.0. The summed E-state index contributed by atoms with van der Waals surface area (Å²) in [6.07, 6.45) is 0. The van der Waals surface area contributed by atoms with Crippen molar-refractivity contribution in [3.05, 3.63) is 63.9 Å². The molecule has 108 valence electrons. The Morgan fingerprint density at radius 1 is 1.29 bits per heavy atom. The van der Waals surface area contributed by atoms with Crippen LogP contribution in [-0.2, 0) is 0 Å². The van der Waals surface area contributed by atoms with Gasteiger partial charge in [-0.05, 0) is 47.1 Å². The molecule has 0 heterocycles. The Hall–Kier alpha value is -2.21. The highest BCUT2D eigenvalue weighted by molar-refractivity contribution is 9.10. The zero-order valence-electron chi connectivity index (χ0n) is 11.1. The van der Waals surface area contributed by atoms with Crippen molar-refractivity contribution in [1.82, 2.24) is 0 Å². The lowest BCUT2D eigenvalue weighted by Crippen LogP contribution is -2.14. The maximum absolute atomic E-state index is 13.2. The third-order valence-corrected chi connectivity index (χ3v) is 3.50. The second-order valence-corrected chi connectivity index (χ2v) is 5.17. The quantitative estimate of drug-likeness (QED) is 0.498. The molecule has 0 unspecified atom stereocenters. The van der Waals surface area contributed by atoms with Crippen molar-refractivity contribution in [2.45, 2.75) is 6.92 Å². The maximum atomic E-state index is 13.2. The predicted octanol–water partition coefficient (Wildman–Crippen LogP) is 4.04. The van der Waals surface area contributed by atoms with Gasteiger partial charge in [0.05, 0.1) is 15.9 Å². The standard InChI is InChI=1S/C15H12BrFN2O2/c1-9(19-21)11-4-2-3-5-14(11)18-15(20)10-6-7-13(17)12(16)8-10/h2-8,21H,1H3,(H,18,20)/b19-9-. The van der Waals surface area contributed by atoms with Crippen LogP contribution in [0.5, 0.6) is 0 Å². The molecule has 0 aromatic heterocycles. The van der Waals surface area contributed by atoms with Crippen LogP contribution in [0.1, 0.15) is 22.8 Å². The number of halogens is 2. The molecule has 0 aliphatic carbocycles. The Bertz CT molecular complexity index is 717. The second-order valence-electron chi connectivity index (χ2n) is 4.31. The number of anilines is 1. The van der Waals surface area contributed by atoms with E-state index >= 15 is 0 Å². The van der Waals surface area contributed by atoms with Gasteiger partial charge < -0.3 is 10.5 Å². The van der Waals surface area contributed by atoms with Gasteiger partial charge in [-0.3, -0.25) is 4.79 Å². The Morgan fingerprint density at radius 2 is 2.00 bits per heavy atom.